The van der Waals surface area contributed by atoms with Crippen LogP contribution >= 0.6 is 24.4 Å². The first-order valence-corrected chi connectivity index (χ1v) is 13.3. The van der Waals surface area contributed by atoms with Crippen LogP contribution in [-0.2, 0) is 0 Å². The average molecular weight is 489 g/mol. The Hall–Kier alpha value is -2.80. The van der Waals surface area contributed by atoms with E-state index in [0.29, 0.717) is 11.4 Å². The first kappa shape index (κ1) is 24.3. The van der Waals surface area contributed by atoms with E-state index >= 15 is 0 Å². The molecule has 0 radical (unpaired) electrons. The summed E-state index contributed by atoms with van der Waals surface area (Å²) in [4.78, 5) is 0. The summed E-state index contributed by atoms with van der Waals surface area (Å²) in [5.74, 6) is 3.43. The van der Waals surface area contributed by atoms with Gasteiger partial charge in [-0.3, -0.25) is 0 Å². The minimum absolute atomic E-state index is 0.0604. The van der Waals surface area contributed by atoms with Crippen LogP contribution in [0.1, 0.15) is 13.3 Å². The maximum atomic E-state index is 6.46. The zero-order chi connectivity index (χ0) is 24.1. The highest BCUT2D eigenvalue weighted by molar-refractivity contribution is 7.99. The van der Waals surface area contributed by atoms with E-state index < -0.39 is 0 Å². The standard InChI is InChI=1S/C24H22N4.C4H10S2/c25-14-9-11-15(12-10-14)28-24-22-19-8-4-3-6-17(19)16-5-1-2-7-18(16)20(22)13-21(26)23(24)27;1-2-6-4-3-5/h1-9,11-14,28H,10,25-27H2;5H,2-4H2,1H3. The second-order valence-corrected chi connectivity index (χ2v) is 10.1. The minimum Gasteiger partial charge on any atom is -0.397 e. The molecule has 0 bridgehead atoms. The lowest BCUT2D eigenvalue weighted by atomic mass is 9.92. The van der Waals surface area contributed by atoms with E-state index in [1.54, 1.807) is 0 Å². The van der Waals surface area contributed by atoms with Gasteiger partial charge in [-0.15, -0.1) is 0 Å². The summed E-state index contributed by atoms with van der Waals surface area (Å²) in [7, 11) is 0. The van der Waals surface area contributed by atoms with Gasteiger partial charge in [-0.25, -0.2) is 0 Å². The first-order chi connectivity index (χ1) is 16.5. The molecule has 0 saturated carbocycles. The van der Waals surface area contributed by atoms with Crippen molar-refractivity contribution in [3.8, 4) is 0 Å². The summed E-state index contributed by atoms with van der Waals surface area (Å²) in [6.45, 7) is 2.16. The quantitative estimate of drug-likeness (QED) is 0.0949. The second-order valence-electron chi connectivity index (χ2n) is 8.23. The Bertz CT molecular complexity index is 1370. The van der Waals surface area contributed by atoms with E-state index in [9.17, 15) is 0 Å². The molecule has 6 heteroatoms. The number of thioether (sulfide) groups is 1. The number of thiol groups is 1. The molecule has 5 rings (SSSR count). The van der Waals surface area contributed by atoms with Gasteiger partial charge >= 0.3 is 0 Å². The van der Waals surface area contributed by atoms with E-state index in [4.69, 9.17) is 17.2 Å². The predicted molar refractivity (Wildman–Crippen MR) is 158 cm³/mol. The SMILES string of the molecule is CCSCCS.Nc1cc2c3ccccc3c3ccccc3c2c(NC2=CCC(N)C=C2)c1N. The fourth-order valence-corrected chi connectivity index (χ4v) is 5.12. The highest BCUT2D eigenvalue weighted by atomic mass is 32.2. The average Bonchev–Trinajstić information content (AvgIpc) is 2.87. The second kappa shape index (κ2) is 11.1. The molecule has 0 heterocycles. The summed E-state index contributed by atoms with van der Waals surface area (Å²) in [5.41, 5.74) is 21.7. The van der Waals surface area contributed by atoms with Crippen molar-refractivity contribution < 1.29 is 0 Å². The van der Waals surface area contributed by atoms with Gasteiger partial charge in [0.25, 0.3) is 0 Å². The van der Waals surface area contributed by atoms with Crippen molar-refractivity contribution in [2.75, 3.05) is 34.0 Å². The molecule has 4 aromatic rings. The molecule has 176 valence electrons. The normalized spacial score (nSPS) is 15.3. The van der Waals surface area contributed by atoms with Crippen LogP contribution in [0.5, 0.6) is 0 Å². The van der Waals surface area contributed by atoms with Gasteiger partial charge in [-0.2, -0.15) is 24.4 Å². The van der Waals surface area contributed by atoms with Gasteiger partial charge in [0.05, 0.1) is 17.1 Å². The number of allylic oxidation sites excluding steroid dienone is 1. The molecule has 1 aliphatic carbocycles. The lowest BCUT2D eigenvalue weighted by Crippen LogP contribution is -2.19. The van der Waals surface area contributed by atoms with Gasteiger partial charge in [-0.05, 0) is 57.0 Å². The van der Waals surface area contributed by atoms with Crippen LogP contribution in [0.3, 0.4) is 0 Å². The highest BCUT2D eigenvalue weighted by Gasteiger charge is 2.17. The number of rotatable bonds is 5. The number of anilines is 3. The van der Waals surface area contributed by atoms with Gasteiger partial charge in [-0.1, -0.05) is 67.6 Å². The highest BCUT2D eigenvalue weighted by Crippen LogP contribution is 2.43. The van der Waals surface area contributed by atoms with E-state index in [1.807, 2.05) is 30.0 Å². The molecule has 0 amide bonds. The molecule has 34 heavy (non-hydrogen) atoms. The number of nitrogens with one attached hydrogen (secondary N) is 1. The van der Waals surface area contributed by atoms with Crippen molar-refractivity contribution in [3.05, 3.63) is 78.5 Å². The number of nitrogen functional groups attached to an aromatic ring is 2. The van der Waals surface area contributed by atoms with Crippen LogP contribution in [0.25, 0.3) is 32.3 Å². The van der Waals surface area contributed by atoms with Crippen molar-refractivity contribution in [2.24, 2.45) is 5.73 Å². The van der Waals surface area contributed by atoms with Crippen LogP contribution in [0.4, 0.5) is 17.1 Å². The summed E-state index contributed by atoms with van der Waals surface area (Å²) >= 11 is 5.97. The van der Waals surface area contributed by atoms with Gasteiger partial charge in [0, 0.05) is 22.9 Å². The third kappa shape index (κ3) is 4.99. The first-order valence-electron chi connectivity index (χ1n) is 11.6. The Morgan fingerprint density at radius 3 is 2.15 bits per heavy atom. The Kier molecular flexibility index (Phi) is 7.93. The molecule has 1 aliphatic rings. The van der Waals surface area contributed by atoms with Crippen molar-refractivity contribution in [1.29, 1.82) is 0 Å². The fraction of sp³-hybridized carbons (Fsp3) is 0.214. The van der Waals surface area contributed by atoms with Crippen LogP contribution < -0.4 is 22.5 Å². The van der Waals surface area contributed by atoms with E-state index in [2.05, 4.69) is 79.5 Å². The molecule has 1 atom stereocenters. The maximum Gasteiger partial charge on any atom is 0.0793 e. The lowest BCUT2D eigenvalue weighted by Gasteiger charge is -2.20. The topological polar surface area (TPSA) is 90.1 Å². The lowest BCUT2D eigenvalue weighted by molar-refractivity contribution is 0.819. The Morgan fingerprint density at radius 1 is 0.971 bits per heavy atom. The third-order valence-corrected chi connectivity index (χ3v) is 7.37. The molecular formula is C28H32N4S2. The Labute approximate surface area is 211 Å². The molecule has 0 spiro atoms. The number of hydrogen-bond donors (Lipinski definition) is 5. The maximum absolute atomic E-state index is 6.46. The van der Waals surface area contributed by atoms with Crippen LogP contribution in [-0.4, -0.2) is 23.3 Å². The number of hydrogen-bond acceptors (Lipinski definition) is 6. The molecule has 4 aromatic carbocycles. The summed E-state index contributed by atoms with van der Waals surface area (Å²) < 4.78 is 0. The minimum atomic E-state index is 0.0604. The fourth-order valence-electron chi connectivity index (χ4n) is 4.31. The van der Waals surface area contributed by atoms with E-state index in [-0.39, 0.29) is 6.04 Å². The van der Waals surface area contributed by atoms with Crippen LogP contribution in [0.15, 0.2) is 78.5 Å². The van der Waals surface area contributed by atoms with Crippen molar-refractivity contribution in [3.63, 3.8) is 0 Å². The number of fused-ring (bicyclic) bond motifs is 6. The number of benzene rings is 4. The smallest absolute Gasteiger partial charge is 0.0793 e. The molecule has 1 unspecified atom stereocenters. The van der Waals surface area contributed by atoms with Gasteiger partial charge in [0.15, 0.2) is 0 Å². The summed E-state index contributed by atoms with van der Waals surface area (Å²) in [6, 6.07) is 18.9. The Balaban J connectivity index is 0.000000408. The monoisotopic (exact) mass is 488 g/mol. The van der Waals surface area contributed by atoms with Crippen LogP contribution in [0.2, 0.25) is 0 Å². The third-order valence-electron chi connectivity index (χ3n) is 5.95. The summed E-state index contributed by atoms with van der Waals surface area (Å²) in [5, 5.41) is 10.4. The van der Waals surface area contributed by atoms with Crippen molar-refractivity contribution in [1.82, 2.24) is 0 Å². The molecule has 0 aromatic heterocycles. The van der Waals surface area contributed by atoms with Gasteiger partial charge < -0.3 is 22.5 Å². The molecule has 0 saturated heterocycles. The largest absolute Gasteiger partial charge is 0.397 e. The molecular weight excluding hydrogens is 456 g/mol. The summed E-state index contributed by atoms with van der Waals surface area (Å²) in [6.07, 6.45) is 6.90. The predicted octanol–water partition coefficient (Wildman–Crippen LogP) is 6.56. The van der Waals surface area contributed by atoms with Gasteiger partial charge in [0.1, 0.15) is 0 Å². The molecule has 4 nitrogen and oxygen atoms in total. The van der Waals surface area contributed by atoms with E-state index in [0.717, 1.165) is 39.7 Å². The zero-order valence-corrected chi connectivity index (χ0v) is 21.1. The van der Waals surface area contributed by atoms with Crippen molar-refractivity contribution >= 4 is 73.8 Å². The van der Waals surface area contributed by atoms with Crippen LogP contribution in [0, 0.1) is 0 Å². The Morgan fingerprint density at radius 2 is 1.59 bits per heavy atom. The zero-order valence-electron chi connectivity index (χ0n) is 19.4. The molecule has 0 fully saturated rings. The number of nitrogens with two attached hydrogens (primary N) is 3. The van der Waals surface area contributed by atoms with Crippen molar-refractivity contribution in [2.45, 2.75) is 19.4 Å². The van der Waals surface area contributed by atoms with E-state index in [1.165, 1.54) is 27.7 Å². The molecule has 0 aliphatic heterocycles. The molecule has 7 N–H and O–H groups in total. The van der Waals surface area contributed by atoms with Gasteiger partial charge in [0.2, 0.25) is 0 Å².